The van der Waals surface area contributed by atoms with Gasteiger partial charge < -0.3 is 26.0 Å². The van der Waals surface area contributed by atoms with Crippen molar-refractivity contribution in [3.05, 3.63) is 11.8 Å². The first-order chi connectivity index (χ1) is 14.5. The molecule has 4 N–H and O–H groups in total. The number of nitrogens with two attached hydrogens (primary N) is 1. The summed E-state index contributed by atoms with van der Waals surface area (Å²) in [7, 11) is 0. The van der Waals surface area contributed by atoms with E-state index in [4.69, 9.17) is 10.5 Å². The average Bonchev–Trinajstić information content (AvgIpc) is 2.75. The number of hydrogen-bond acceptors (Lipinski definition) is 7. The number of amides is 2. The summed E-state index contributed by atoms with van der Waals surface area (Å²) >= 11 is 0. The number of nitrogens with one attached hydrogen (secondary N) is 2. The predicted molar refractivity (Wildman–Crippen MR) is 115 cm³/mol. The topological polar surface area (TPSA) is 122 Å². The number of hydrogen-bond donors (Lipinski definition) is 3. The van der Waals surface area contributed by atoms with Gasteiger partial charge >= 0.3 is 0 Å². The van der Waals surface area contributed by atoms with Gasteiger partial charge in [0, 0.05) is 44.4 Å². The normalized spacial score (nSPS) is 22.5. The molecule has 0 bridgehead atoms. The van der Waals surface area contributed by atoms with E-state index in [1.54, 1.807) is 0 Å². The zero-order chi connectivity index (χ0) is 21.5. The second-order valence-corrected chi connectivity index (χ2v) is 8.05. The maximum Gasteiger partial charge on any atom is 0.254 e. The monoisotopic (exact) mass is 418 g/mol. The molecule has 166 valence electrons. The molecule has 1 aromatic rings. The van der Waals surface area contributed by atoms with Crippen LogP contribution in [0.5, 0.6) is 0 Å². The van der Waals surface area contributed by atoms with Crippen LogP contribution in [0.3, 0.4) is 0 Å². The Kier molecular flexibility index (Phi) is 7.84. The fraction of sp³-hybridized carbons (Fsp3) is 0.714. The lowest BCUT2D eigenvalue weighted by Gasteiger charge is -2.32. The lowest BCUT2D eigenvalue weighted by molar-refractivity contribution is -0.131. The van der Waals surface area contributed by atoms with E-state index in [0.29, 0.717) is 29.9 Å². The molecule has 9 heteroatoms. The van der Waals surface area contributed by atoms with Gasteiger partial charge in [-0.3, -0.25) is 9.59 Å². The van der Waals surface area contributed by atoms with Crippen LogP contribution in [-0.4, -0.2) is 64.6 Å². The molecular formula is C21H34N6O3. The third-order valence-electron chi connectivity index (χ3n) is 5.95. The smallest absolute Gasteiger partial charge is 0.254 e. The first-order valence-corrected chi connectivity index (χ1v) is 11.1. The Morgan fingerprint density at radius 3 is 2.37 bits per heavy atom. The molecule has 30 heavy (non-hydrogen) atoms. The summed E-state index contributed by atoms with van der Waals surface area (Å²) < 4.78 is 5.71. The van der Waals surface area contributed by atoms with Crippen molar-refractivity contribution in [2.45, 2.75) is 77.0 Å². The second-order valence-electron chi connectivity index (χ2n) is 8.05. The number of ether oxygens (including phenoxy) is 1. The number of rotatable bonds is 8. The van der Waals surface area contributed by atoms with Crippen molar-refractivity contribution in [3.8, 4) is 0 Å². The molecule has 0 atom stereocenters. The zero-order valence-electron chi connectivity index (χ0n) is 18.0. The molecule has 0 unspecified atom stereocenters. The number of anilines is 2. The van der Waals surface area contributed by atoms with Crippen LogP contribution in [0.4, 0.5) is 11.8 Å². The van der Waals surface area contributed by atoms with Crippen LogP contribution in [0.25, 0.3) is 0 Å². The first-order valence-electron chi connectivity index (χ1n) is 11.1. The lowest BCUT2D eigenvalue weighted by Crippen LogP contribution is -2.42. The summed E-state index contributed by atoms with van der Waals surface area (Å²) in [5, 5.41) is 6.75. The standard InChI is InChI=1S/C21H34N6O3/c1-3-18(28)27-11-9-15(10-12-27)25-21-23-13-17(19(22)29)20(26-21)24-14-5-7-16(8-6-14)30-4-2/h13-16H,3-12H2,1-2H3,(H2,22,29)(H2,23,24,25,26)/t14-,16-. The molecule has 2 fully saturated rings. The molecule has 1 saturated heterocycles. The van der Waals surface area contributed by atoms with Gasteiger partial charge in [-0.05, 0) is 45.4 Å². The largest absolute Gasteiger partial charge is 0.379 e. The van der Waals surface area contributed by atoms with Crippen LogP contribution in [0.1, 0.15) is 69.2 Å². The molecule has 1 aromatic heterocycles. The van der Waals surface area contributed by atoms with Crippen LogP contribution >= 0.6 is 0 Å². The maximum atomic E-state index is 11.9. The van der Waals surface area contributed by atoms with Gasteiger partial charge in [0.15, 0.2) is 0 Å². The molecule has 0 aromatic carbocycles. The van der Waals surface area contributed by atoms with Crippen LogP contribution in [0.2, 0.25) is 0 Å². The number of piperidine rings is 1. The van der Waals surface area contributed by atoms with Crippen molar-refractivity contribution in [2.24, 2.45) is 5.73 Å². The minimum Gasteiger partial charge on any atom is -0.379 e. The van der Waals surface area contributed by atoms with Gasteiger partial charge in [-0.1, -0.05) is 6.92 Å². The zero-order valence-corrected chi connectivity index (χ0v) is 18.0. The number of nitrogens with zero attached hydrogens (tertiary/aromatic N) is 3. The van der Waals surface area contributed by atoms with Crippen molar-refractivity contribution < 1.29 is 14.3 Å². The highest BCUT2D eigenvalue weighted by atomic mass is 16.5. The Balaban J connectivity index is 1.61. The predicted octanol–water partition coefficient (Wildman–Crippen LogP) is 2.15. The van der Waals surface area contributed by atoms with Gasteiger partial charge in [0.1, 0.15) is 5.82 Å². The van der Waals surface area contributed by atoms with E-state index >= 15 is 0 Å². The minimum atomic E-state index is -0.543. The van der Waals surface area contributed by atoms with Crippen molar-refractivity contribution in [2.75, 3.05) is 30.3 Å². The molecule has 2 aliphatic rings. The maximum absolute atomic E-state index is 11.9. The van der Waals surface area contributed by atoms with Crippen molar-refractivity contribution in [1.82, 2.24) is 14.9 Å². The summed E-state index contributed by atoms with van der Waals surface area (Å²) in [6.45, 7) is 6.11. The fourth-order valence-electron chi connectivity index (χ4n) is 4.22. The molecule has 0 radical (unpaired) electrons. The highest BCUT2D eigenvalue weighted by molar-refractivity contribution is 5.97. The highest BCUT2D eigenvalue weighted by Gasteiger charge is 2.25. The van der Waals surface area contributed by atoms with E-state index in [1.165, 1.54) is 6.20 Å². The van der Waals surface area contributed by atoms with Gasteiger partial charge in [0.05, 0.1) is 11.7 Å². The van der Waals surface area contributed by atoms with E-state index in [-0.39, 0.29) is 18.0 Å². The van der Waals surface area contributed by atoms with Crippen molar-refractivity contribution in [3.63, 3.8) is 0 Å². The summed E-state index contributed by atoms with van der Waals surface area (Å²) in [6.07, 6.45) is 7.92. The van der Waals surface area contributed by atoms with Gasteiger partial charge in [0.2, 0.25) is 11.9 Å². The van der Waals surface area contributed by atoms with E-state index in [2.05, 4.69) is 20.6 Å². The fourth-order valence-corrected chi connectivity index (χ4v) is 4.22. The molecule has 1 aliphatic heterocycles. The number of aromatic nitrogens is 2. The number of carbonyl (C=O) groups is 2. The quantitative estimate of drug-likeness (QED) is 0.591. The molecule has 3 rings (SSSR count). The minimum absolute atomic E-state index is 0.194. The summed E-state index contributed by atoms with van der Waals surface area (Å²) in [4.78, 5) is 34.5. The van der Waals surface area contributed by atoms with Crippen LogP contribution in [-0.2, 0) is 9.53 Å². The molecule has 2 heterocycles. The molecule has 1 aliphatic carbocycles. The van der Waals surface area contributed by atoms with Crippen molar-refractivity contribution >= 4 is 23.6 Å². The third-order valence-corrected chi connectivity index (χ3v) is 5.95. The Hall–Kier alpha value is -2.42. The van der Waals surface area contributed by atoms with E-state index in [0.717, 1.165) is 58.2 Å². The first kappa shape index (κ1) is 22.3. The molecule has 1 saturated carbocycles. The number of likely N-dealkylation sites (tertiary alicyclic amines) is 1. The van der Waals surface area contributed by atoms with E-state index < -0.39 is 5.91 Å². The SMILES string of the molecule is CCO[C@H]1CC[C@H](Nc2nc(NC3CCN(C(=O)CC)CC3)ncc2C(N)=O)CC1. The lowest BCUT2D eigenvalue weighted by atomic mass is 9.93. The molecule has 0 spiro atoms. The van der Waals surface area contributed by atoms with Crippen LogP contribution in [0, 0.1) is 0 Å². The van der Waals surface area contributed by atoms with E-state index in [1.807, 2.05) is 18.7 Å². The third kappa shape index (κ3) is 5.81. The molecule has 2 amide bonds. The molecular weight excluding hydrogens is 384 g/mol. The van der Waals surface area contributed by atoms with Gasteiger partial charge in [-0.15, -0.1) is 0 Å². The number of primary amides is 1. The Labute approximate surface area is 178 Å². The molecule has 9 nitrogen and oxygen atoms in total. The summed E-state index contributed by atoms with van der Waals surface area (Å²) in [5.41, 5.74) is 5.84. The summed E-state index contributed by atoms with van der Waals surface area (Å²) in [5.74, 6) is 0.615. The Bertz CT molecular complexity index is 727. The Morgan fingerprint density at radius 2 is 1.77 bits per heavy atom. The van der Waals surface area contributed by atoms with Crippen molar-refractivity contribution in [1.29, 1.82) is 0 Å². The highest BCUT2D eigenvalue weighted by Crippen LogP contribution is 2.25. The van der Waals surface area contributed by atoms with Gasteiger partial charge in [-0.25, -0.2) is 4.98 Å². The van der Waals surface area contributed by atoms with Crippen LogP contribution in [0.15, 0.2) is 6.20 Å². The van der Waals surface area contributed by atoms with Crippen LogP contribution < -0.4 is 16.4 Å². The summed E-state index contributed by atoms with van der Waals surface area (Å²) in [6, 6.07) is 0.422. The second kappa shape index (κ2) is 10.6. The average molecular weight is 419 g/mol. The van der Waals surface area contributed by atoms with E-state index in [9.17, 15) is 9.59 Å². The number of carbonyl (C=O) groups excluding carboxylic acids is 2. The van der Waals surface area contributed by atoms with Gasteiger partial charge in [0.25, 0.3) is 5.91 Å². The Morgan fingerprint density at radius 1 is 1.10 bits per heavy atom. The van der Waals surface area contributed by atoms with Gasteiger partial charge in [-0.2, -0.15) is 4.98 Å².